The Morgan fingerprint density at radius 1 is 0.973 bits per heavy atom. The number of nitrogens with one attached hydrogen (secondary N) is 1. The summed E-state index contributed by atoms with van der Waals surface area (Å²) < 4.78 is 4.77. The highest BCUT2D eigenvalue weighted by atomic mass is 16.6. The lowest BCUT2D eigenvalue weighted by atomic mass is 10.1. The van der Waals surface area contributed by atoms with Crippen molar-refractivity contribution in [3.63, 3.8) is 0 Å². The third kappa shape index (κ3) is 5.67. The predicted molar refractivity (Wildman–Crippen MR) is 141 cm³/mol. The molecule has 0 aliphatic heterocycles. The van der Waals surface area contributed by atoms with Crippen LogP contribution < -0.4 is 16.6 Å². The summed E-state index contributed by atoms with van der Waals surface area (Å²) in [6.45, 7) is 6.51. The number of hydrogen-bond acceptors (Lipinski definition) is 7. The zero-order valence-electron chi connectivity index (χ0n) is 21.1. The van der Waals surface area contributed by atoms with Gasteiger partial charge >= 0.3 is 5.69 Å². The molecule has 11 heteroatoms. The van der Waals surface area contributed by atoms with Gasteiger partial charge in [0.15, 0.2) is 11.2 Å². The summed E-state index contributed by atoms with van der Waals surface area (Å²) >= 11 is 0. The van der Waals surface area contributed by atoms with Crippen LogP contribution in [0.3, 0.4) is 0 Å². The highest BCUT2D eigenvalue weighted by molar-refractivity contribution is 5.71. The minimum absolute atomic E-state index is 0.0132. The average molecular weight is 506 g/mol. The number of aromatic nitrogens is 5. The van der Waals surface area contributed by atoms with E-state index in [1.165, 1.54) is 16.7 Å². The van der Waals surface area contributed by atoms with Gasteiger partial charge in [0.1, 0.15) is 5.82 Å². The molecule has 0 aliphatic carbocycles. The van der Waals surface area contributed by atoms with Gasteiger partial charge in [0.05, 0.1) is 4.92 Å². The molecule has 0 spiro atoms. The number of non-ortho nitro benzene ring substituents is 1. The van der Waals surface area contributed by atoms with Crippen molar-refractivity contribution in [3.05, 3.63) is 96.7 Å². The molecule has 0 radical (unpaired) electrons. The van der Waals surface area contributed by atoms with Crippen molar-refractivity contribution in [1.82, 2.24) is 29.0 Å². The van der Waals surface area contributed by atoms with E-state index in [2.05, 4.69) is 10.3 Å². The molecule has 0 saturated carbocycles. The van der Waals surface area contributed by atoms with E-state index in [9.17, 15) is 19.7 Å². The van der Waals surface area contributed by atoms with E-state index in [0.29, 0.717) is 55.9 Å². The summed E-state index contributed by atoms with van der Waals surface area (Å²) in [7, 11) is 0. The Morgan fingerprint density at radius 2 is 1.76 bits per heavy atom. The van der Waals surface area contributed by atoms with Crippen LogP contribution in [-0.4, -0.2) is 41.7 Å². The summed E-state index contributed by atoms with van der Waals surface area (Å²) in [5.74, 6) is 0.690. The van der Waals surface area contributed by atoms with Crippen molar-refractivity contribution in [3.8, 4) is 0 Å². The average Bonchev–Trinajstić information content (AvgIpc) is 3.25. The largest absolute Gasteiger partial charge is 0.332 e. The van der Waals surface area contributed by atoms with Crippen molar-refractivity contribution in [2.24, 2.45) is 0 Å². The third-order valence-corrected chi connectivity index (χ3v) is 6.26. The van der Waals surface area contributed by atoms with Gasteiger partial charge in [0, 0.05) is 57.1 Å². The molecule has 1 aromatic carbocycles. The number of benzene rings is 1. The second kappa shape index (κ2) is 11.7. The Hall–Kier alpha value is -4.12. The first kappa shape index (κ1) is 26.0. The van der Waals surface area contributed by atoms with Gasteiger partial charge < -0.3 is 9.88 Å². The van der Waals surface area contributed by atoms with Crippen molar-refractivity contribution in [2.75, 3.05) is 13.1 Å². The second-order valence-electron chi connectivity index (χ2n) is 8.81. The van der Waals surface area contributed by atoms with E-state index >= 15 is 0 Å². The van der Waals surface area contributed by atoms with Crippen LogP contribution in [-0.2, 0) is 32.5 Å². The molecule has 3 heterocycles. The van der Waals surface area contributed by atoms with Gasteiger partial charge in [-0.3, -0.25) is 29.0 Å². The summed E-state index contributed by atoms with van der Waals surface area (Å²) in [4.78, 5) is 46.6. The van der Waals surface area contributed by atoms with Gasteiger partial charge in [-0.2, -0.15) is 0 Å². The lowest BCUT2D eigenvalue weighted by Crippen LogP contribution is -2.41. The maximum atomic E-state index is 13.6. The fourth-order valence-electron chi connectivity index (χ4n) is 4.41. The lowest BCUT2D eigenvalue weighted by Gasteiger charge is -2.13. The van der Waals surface area contributed by atoms with Crippen LogP contribution >= 0.6 is 0 Å². The molecule has 0 bridgehead atoms. The number of nitro groups is 1. The number of aryl methyl sites for hydroxylation is 2. The van der Waals surface area contributed by atoms with Crippen LogP contribution in [0.4, 0.5) is 5.69 Å². The van der Waals surface area contributed by atoms with Gasteiger partial charge in [-0.1, -0.05) is 32.0 Å². The van der Waals surface area contributed by atoms with Crippen LogP contribution in [0, 0.1) is 10.1 Å². The number of pyridine rings is 1. The molecule has 0 aliphatic rings. The minimum atomic E-state index is -0.442. The van der Waals surface area contributed by atoms with E-state index in [4.69, 9.17) is 4.98 Å². The van der Waals surface area contributed by atoms with Gasteiger partial charge in [-0.25, -0.2) is 9.78 Å². The SMILES string of the molecule is CCCn1c(=O)c2c(nc(Cc3cccnc3)n2CCNCC)n(CCc2ccc([N+](=O)[O-])cc2)c1=O. The predicted octanol–water partition coefficient (Wildman–Crippen LogP) is 2.52. The Balaban J connectivity index is 1.82. The zero-order chi connectivity index (χ0) is 26.4. The Kier molecular flexibility index (Phi) is 8.24. The van der Waals surface area contributed by atoms with Crippen LogP contribution in [0.15, 0.2) is 58.4 Å². The molecule has 0 atom stereocenters. The molecule has 4 rings (SSSR count). The van der Waals surface area contributed by atoms with Crippen LogP contribution in [0.1, 0.15) is 37.2 Å². The summed E-state index contributed by atoms with van der Waals surface area (Å²) in [6, 6.07) is 10.1. The lowest BCUT2D eigenvalue weighted by molar-refractivity contribution is -0.384. The number of imidazole rings is 1. The number of hydrogen-bond donors (Lipinski definition) is 1. The number of nitro benzene ring substituents is 1. The number of rotatable bonds is 12. The fourth-order valence-corrected chi connectivity index (χ4v) is 4.41. The second-order valence-corrected chi connectivity index (χ2v) is 8.81. The van der Waals surface area contributed by atoms with E-state index < -0.39 is 10.6 Å². The molecule has 1 N–H and O–H groups in total. The maximum Gasteiger partial charge on any atom is 0.332 e. The van der Waals surface area contributed by atoms with E-state index in [1.54, 1.807) is 29.1 Å². The summed E-state index contributed by atoms with van der Waals surface area (Å²) in [6.07, 6.45) is 5.04. The molecule has 0 saturated heterocycles. The van der Waals surface area contributed by atoms with Gasteiger partial charge in [0.2, 0.25) is 0 Å². The van der Waals surface area contributed by atoms with E-state index in [-0.39, 0.29) is 17.8 Å². The molecule has 0 unspecified atom stereocenters. The molecule has 0 fully saturated rings. The number of nitrogens with zero attached hydrogens (tertiary/aromatic N) is 6. The summed E-state index contributed by atoms with van der Waals surface area (Å²) in [5.41, 5.74) is 1.85. The molecular formula is C26H31N7O4. The van der Waals surface area contributed by atoms with Gasteiger partial charge in [-0.05, 0) is 36.6 Å². The van der Waals surface area contributed by atoms with Crippen LogP contribution in [0.25, 0.3) is 11.2 Å². The Bertz CT molecular complexity index is 1490. The van der Waals surface area contributed by atoms with Crippen LogP contribution in [0.2, 0.25) is 0 Å². The molecule has 3 aromatic heterocycles. The summed E-state index contributed by atoms with van der Waals surface area (Å²) in [5, 5.41) is 14.3. The quantitative estimate of drug-likeness (QED) is 0.178. The topological polar surface area (TPSA) is 130 Å². The van der Waals surface area contributed by atoms with Crippen molar-refractivity contribution in [2.45, 2.75) is 52.7 Å². The highest BCUT2D eigenvalue weighted by Crippen LogP contribution is 2.17. The smallest absolute Gasteiger partial charge is 0.321 e. The van der Waals surface area contributed by atoms with E-state index in [1.807, 2.05) is 30.5 Å². The third-order valence-electron chi connectivity index (χ3n) is 6.26. The maximum absolute atomic E-state index is 13.6. The standard InChI is InChI=1S/C26H31N7O4/c1-3-14-32-25(34)23-24(31(26(32)35)15-11-19-7-9-21(10-8-19)33(36)37)29-22(30(23)16-13-27-4-2)17-20-6-5-12-28-18-20/h5-10,12,18,27H,3-4,11,13-17H2,1-2H3. The Morgan fingerprint density at radius 3 is 2.41 bits per heavy atom. The van der Waals surface area contributed by atoms with Crippen LogP contribution in [0.5, 0.6) is 0 Å². The number of fused-ring (bicyclic) bond motifs is 1. The first-order valence-corrected chi connectivity index (χ1v) is 12.5. The van der Waals surface area contributed by atoms with Crippen molar-refractivity contribution in [1.29, 1.82) is 0 Å². The molecule has 11 nitrogen and oxygen atoms in total. The van der Waals surface area contributed by atoms with E-state index in [0.717, 1.165) is 17.7 Å². The van der Waals surface area contributed by atoms with Gasteiger partial charge in [-0.15, -0.1) is 0 Å². The highest BCUT2D eigenvalue weighted by Gasteiger charge is 2.21. The molecule has 0 amide bonds. The molecular weight excluding hydrogens is 474 g/mol. The van der Waals surface area contributed by atoms with Crippen molar-refractivity contribution < 1.29 is 4.92 Å². The Labute approximate surface area is 213 Å². The monoisotopic (exact) mass is 505 g/mol. The normalized spacial score (nSPS) is 11.3. The zero-order valence-corrected chi connectivity index (χ0v) is 21.1. The van der Waals surface area contributed by atoms with Crippen molar-refractivity contribution >= 4 is 16.9 Å². The number of likely N-dealkylation sites (N-methyl/N-ethyl adjacent to an activating group) is 1. The first-order valence-electron chi connectivity index (χ1n) is 12.5. The first-order chi connectivity index (χ1) is 17.9. The minimum Gasteiger partial charge on any atom is -0.321 e. The molecule has 194 valence electrons. The molecule has 37 heavy (non-hydrogen) atoms. The molecule has 4 aromatic rings. The fraction of sp³-hybridized carbons (Fsp3) is 0.385. The van der Waals surface area contributed by atoms with Gasteiger partial charge in [0.25, 0.3) is 11.2 Å².